The molecule has 2 aromatic heterocycles. The zero-order valence-electron chi connectivity index (χ0n) is 12.9. The molecule has 114 valence electrons. The van der Waals surface area contributed by atoms with Crippen LogP contribution in [0.3, 0.4) is 0 Å². The smallest absolute Gasteiger partial charge is 0.316 e. The predicted octanol–water partition coefficient (Wildman–Crippen LogP) is 3.24. The van der Waals surface area contributed by atoms with Crippen molar-refractivity contribution in [3.8, 4) is 11.6 Å². The van der Waals surface area contributed by atoms with Gasteiger partial charge in [0.25, 0.3) is 0 Å². The van der Waals surface area contributed by atoms with Crippen molar-refractivity contribution in [2.24, 2.45) is 0 Å². The van der Waals surface area contributed by atoms with Gasteiger partial charge in [0.05, 0.1) is 0 Å². The van der Waals surface area contributed by atoms with Gasteiger partial charge < -0.3 is 14.3 Å². The highest BCUT2D eigenvalue weighted by Crippen LogP contribution is 2.32. The molecule has 1 amide bonds. The lowest BCUT2D eigenvalue weighted by molar-refractivity contribution is 0.0899. The lowest BCUT2D eigenvalue weighted by atomic mass is 10.1. The van der Waals surface area contributed by atoms with Crippen molar-refractivity contribution in [2.45, 2.75) is 33.7 Å². The van der Waals surface area contributed by atoms with E-state index < -0.39 is 5.91 Å². The van der Waals surface area contributed by atoms with E-state index in [1.54, 1.807) is 0 Å². The van der Waals surface area contributed by atoms with Crippen LogP contribution in [0.2, 0.25) is 0 Å². The molecule has 0 spiro atoms. The number of benzene rings is 1. The first-order chi connectivity index (χ1) is 10.5. The number of aromatic nitrogens is 2. The van der Waals surface area contributed by atoms with Gasteiger partial charge in [-0.05, 0) is 33.3 Å². The molecule has 0 radical (unpaired) electrons. The number of carbonyl (C=O) groups is 1. The van der Waals surface area contributed by atoms with Gasteiger partial charge in [0.1, 0.15) is 5.58 Å². The van der Waals surface area contributed by atoms with Gasteiger partial charge in [0, 0.05) is 17.0 Å². The molecule has 6 heteroatoms. The summed E-state index contributed by atoms with van der Waals surface area (Å²) in [4.78, 5) is 16.0. The van der Waals surface area contributed by atoms with Crippen LogP contribution in [-0.2, 0) is 0 Å². The molecule has 22 heavy (non-hydrogen) atoms. The minimum absolute atomic E-state index is 0.00145. The molecular formula is C16H17N3O3. The summed E-state index contributed by atoms with van der Waals surface area (Å²) >= 11 is 0. The van der Waals surface area contributed by atoms with Crippen LogP contribution in [0.1, 0.15) is 35.7 Å². The van der Waals surface area contributed by atoms with Crippen LogP contribution in [-0.4, -0.2) is 22.1 Å². The van der Waals surface area contributed by atoms with Crippen LogP contribution in [0.25, 0.3) is 22.6 Å². The number of nitrogens with one attached hydrogen (secondary N) is 1. The second kappa shape index (κ2) is 5.29. The summed E-state index contributed by atoms with van der Waals surface area (Å²) in [5.41, 5.74) is 2.76. The van der Waals surface area contributed by atoms with Gasteiger partial charge in [-0.2, -0.15) is 4.98 Å². The van der Waals surface area contributed by atoms with E-state index in [2.05, 4.69) is 15.5 Å². The van der Waals surface area contributed by atoms with Gasteiger partial charge in [-0.3, -0.25) is 4.79 Å². The second-order valence-corrected chi connectivity index (χ2v) is 5.56. The van der Waals surface area contributed by atoms with Gasteiger partial charge in [-0.15, -0.1) is 0 Å². The number of carbonyl (C=O) groups excluding carboxylic acids is 1. The van der Waals surface area contributed by atoms with E-state index in [0.29, 0.717) is 5.76 Å². The Morgan fingerprint density at radius 3 is 2.73 bits per heavy atom. The third kappa shape index (κ3) is 2.36. The predicted molar refractivity (Wildman–Crippen MR) is 81.6 cm³/mol. The first-order valence-electron chi connectivity index (χ1n) is 7.11. The van der Waals surface area contributed by atoms with Crippen molar-refractivity contribution >= 4 is 16.9 Å². The highest BCUT2D eigenvalue weighted by molar-refractivity contribution is 5.91. The van der Waals surface area contributed by atoms with Crippen molar-refractivity contribution in [1.82, 2.24) is 15.5 Å². The third-order valence-electron chi connectivity index (χ3n) is 3.40. The number of hydrogen-bond donors (Lipinski definition) is 1. The Kier molecular flexibility index (Phi) is 3.44. The maximum Gasteiger partial charge on any atom is 0.316 e. The Balaban J connectivity index is 2.02. The molecule has 3 rings (SSSR count). The standard InChI is InChI=1S/C16H17N3O3/c1-8(2)17-15(20)16-18-14(19-22-16)13-10(4)11-7-5-6-9(3)12(11)21-13/h5-8H,1-4H3,(H,17,20). The van der Waals surface area contributed by atoms with E-state index >= 15 is 0 Å². The quantitative estimate of drug-likeness (QED) is 0.803. The molecule has 0 fully saturated rings. The number of nitrogens with zero attached hydrogens (tertiary/aromatic N) is 2. The van der Waals surface area contributed by atoms with E-state index in [1.165, 1.54) is 0 Å². The maximum atomic E-state index is 11.9. The zero-order chi connectivity index (χ0) is 15.9. The summed E-state index contributed by atoms with van der Waals surface area (Å²) in [6.45, 7) is 7.64. The normalized spacial score (nSPS) is 11.3. The van der Waals surface area contributed by atoms with Crippen LogP contribution < -0.4 is 5.32 Å². The fourth-order valence-electron chi connectivity index (χ4n) is 2.33. The van der Waals surface area contributed by atoms with Crippen LogP contribution in [0.5, 0.6) is 0 Å². The Morgan fingerprint density at radius 1 is 1.27 bits per heavy atom. The van der Waals surface area contributed by atoms with Crippen molar-refractivity contribution in [3.05, 3.63) is 35.2 Å². The molecule has 0 saturated heterocycles. The van der Waals surface area contributed by atoms with E-state index in [4.69, 9.17) is 8.94 Å². The number of furan rings is 1. The Hall–Kier alpha value is -2.63. The molecule has 1 N–H and O–H groups in total. The molecule has 2 heterocycles. The molecule has 0 unspecified atom stereocenters. The van der Waals surface area contributed by atoms with Crippen molar-refractivity contribution < 1.29 is 13.7 Å². The van der Waals surface area contributed by atoms with E-state index in [-0.39, 0.29) is 17.8 Å². The average Bonchev–Trinajstić information content (AvgIpc) is 3.05. The molecule has 0 aliphatic rings. The summed E-state index contributed by atoms with van der Waals surface area (Å²) in [6, 6.07) is 5.93. The monoisotopic (exact) mass is 299 g/mol. The number of hydrogen-bond acceptors (Lipinski definition) is 5. The maximum absolute atomic E-state index is 11.9. The number of rotatable bonds is 3. The summed E-state index contributed by atoms with van der Waals surface area (Å²) in [5.74, 6) is 0.345. The SMILES string of the molecule is Cc1c(-c2noc(C(=O)NC(C)C)n2)oc2c(C)cccc12. The average molecular weight is 299 g/mol. The lowest BCUT2D eigenvalue weighted by Crippen LogP contribution is -2.30. The van der Waals surface area contributed by atoms with Crippen molar-refractivity contribution in [1.29, 1.82) is 0 Å². The van der Waals surface area contributed by atoms with E-state index in [0.717, 1.165) is 22.1 Å². The first-order valence-corrected chi connectivity index (χ1v) is 7.11. The largest absolute Gasteiger partial charge is 0.452 e. The fraction of sp³-hybridized carbons (Fsp3) is 0.312. The lowest BCUT2D eigenvalue weighted by Gasteiger charge is -2.03. The highest BCUT2D eigenvalue weighted by Gasteiger charge is 2.21. The van der Waals surface area contributed by atoms with Crippen LogP contribution in [0.4, 0.5) is 0 Å². The summed E-state index contributed by atoms with van der Waals surface area (Å²) < 4.78 is 10.9. The van der Waals surface area contributed by atoms with Crippen LogP contribution >= 0.6 is 0 Å². The summed E-state index contributed by atoms with van der Waals surface area (Å²) in [5, 5.41) is 7.58. The Labute approximate surface area is 127 Å². The molecule has 3 aromatic rings. The number of aryl methyl sites for hydroxylation is 2. The molecule has 0 aliphatic heterocycles. The van der Waals surface area contributed by atoms with Gasteiger partial charge in [0.15, 0.2) is 5.76 Å². The third-order valence-corrected chi connectivity index (χ3v) is 3.40. The zero-order valence-corrected chi connectivity index (χ0v) is 12.9. The van der Waals surface area contributed by atoms with E-state index in [1.807, 2.05) is 45.9 Å². The first kappa shape index (κ1) is 14.3. The van der Waals surface area contributed by atoms with Crippen molar-refractivity contribution in [2.75, 3.05) is 0 Å². The topological polar surface area (TPSA) is 81.2 Å². The fourth-order valence-corrected chi connectivity index (χ4v) is 2.33. The minimum Gasteiger partial charge on any atom is -0.452 e. The van der Waals surface area contributed by atoms with Gasteiger partial charge in [0.2, 0.25) is 5.82 Å². The molecule has 0 aliphatic carbocycles. The van der Waals surface area contributed by atoms with Gasteiger partial charge >= 0.3 is 11.8 Å². The molecule has 1 aromatic carbocycles. The summed E-state index contributed by atoms with van der Waals surface area (Å²) in [6.07, 6.45) is 0. The highest BCUT2D eigenvalue weighted by atomic mass is 16.5. The van der Waals surface area contributed by atoms with E-state index in [9.17, 15) is 4.79 Å². The minimum atomic E-state index is -0.390. The van der Waals surface area contributed by atoms with Crippen LogP contribution in [0.15, 0.2) is 27.1 Å². The number of fused-ring (bicyclic) bond motifs is 1. The molecule has 0 bridgehead atoms. The molecule has 6 nitrogen and oxygen atoms in total. The van der Waals surface area contributed by atoms with Gasteiger partial charge in [-0.1, -0.05) is 23.4 Å². The molecule has 0 saturated carbocycles. The Morgan fingerprint density at radius 2 is 2.05 bits per heavy atom. The van der Waals surface area contributed by atoms with Gasteiger partial charge in [-0.25, -0.2) is 0 Å². The number of para-hydroxylation sites is 1. The molecule has 0 atom stereocenters. The summed E-state index contributed by atoms with van der Waals surface area (Å²) in [7, 11) is 0. The number of amides is 1. The second-order valence-electron chi connectivity index (χ2n) is 5.56. The van der Waals surface area contributed by atoms with Crippen LogP contribution in [0, 0.1) is 13.8 Å². The van der Waals surface area contributed by atoms with Crippen molar-refractivity contribution in [3.63, 3.8) is 0 Å². The molecular weight excluding hydrogens is 282 g/mol. The Bertz CT molecular complexity index is 846.